The number of aliphatic hydroxyl groups is 1. The van der Waals surface area contributed by atoms with Crippen LogP contribution in [0.3, 0.4) is 0 Å². The SMILES string of the molecule is COc1cccc(CN2C[C@@H](CO)[C@H](C3CCN(C(=O)C(C)C)CC3)C2)n1. The maximum absolute atomic E-state index is 12.2. The van der Waals surface area contributed by atoms with Crippen molar-refractivity contribution in [2.24, 2.45) is 23.7 Å². The number of methoxy groups -OCH3 is 1. The van der Waals surface area contributed by atoms with Gasteiger partial charge in [0.2, 0.25) is 11.8 Å². The van der Waals surface area contributed by atoms with E-state index < -0.39 is 0 Å². The summed E-state index contributed by atoms with van der Waals surface area (Å²) < 4.78 is 5.22. The predicted octanol–water partition coefficient (Wildman–Crippen LogP) is 2.03. The number of carbonyl (C=O) groups is 1. The van der Waals surface area contributed by atoms with Crippen LogP contribution in [0, 0.1) is 23.7 Å². The Bertz CT molecular complexity index is 629. The van der Waals surface area contributed by atoms with Crippen molar-refractivity contribution < 1.29 is 14.6 Å². The minimum atomic E-state index is 0.0732. The minimum absolute atomic E-state index is 0.0732. The first kappa shape index (κ1) is 20.1. The highest BCUT2D eigenvalue weighted by atomic mass is 16.5. The zero-order chi connectivity index (χ0) is 19.4. The first-order chi connectivity index (χ1) is 13.0. The molecule has 2 fully saturated rings. The molecule has 6 heteroatoms. The van der Waals surface area contributed by atoms with Crippen LogP contribution in [-0.4, -0.2) is 65.7 Å². The van der Waals surface area contributed by atoms with Crippen LogP contribution in [0.4, 0.5) is 0 Å². The highest BCUT2D eigenvalue weighted by Gasteiger charge is 2.39. The molecular weight excluding hydrogens is 342 g/mol. The van der Waals surface area contributed by atoms with E-state index >= 15 is 0 Å². The molecular formula is C21H33N3O3. The molecule has 3 rings (SSSR count). The number of ether oxygens (including phenoxy) is 1. The molecule has 6 nitrogen and oxygen atoms in total. The number of nitrogens with zero attached hydrogens (tertiary/aromatic N) is 3. The number of rotatable bonds is 6. The summed E-state index contributed by atoms with van der Waals surface area (Å²) in [5.41, 5.74) is 1.00. The zero-order valence-corrected chi connectivity index (χ0v) is 16.8. The molecule has 2 saturated heterocycles. The largest absolute Gasteiger partial charge is 0.481 e. The Balaban J connectivity index is 1.57. The maximum Gasteiger partial charge on any atom is 0.225 e. The Morgan fingerprint density at radius 2 is 2.04 bits per heavy atom. The molecule has 150 valence electrons. The third kappa shape index (κ3) is 4.79. The molecule has 2 aliphatic rings. The molecule has 1 amide bonds. The normalized spacial score (nSPS) is 24.6. The van der Waals surface area contributed by atoms with Crippen molar-refractivity contribution in [3.05, 3.63) is 23.9 Å². The first-order valence-corrected chi connectivity index (χ1v) is 10.1. The Morgan fingerprint density at radius 1 is 1.30 bits per heavy atom. The van der Waals surface area contributed by atoms with Gasteiger partial charge in [-0.1, -0.05) is 19.9 Å². The lowest BCUT2D eigenvalue weighted by Gasteiger charge is -2.37. The van der Waals surface area contributed by atoms with Gasteiger partial charge in [-0.15, -0.1) is 0 Å². The molecule has 0 radical (unpaired) electrons. The summed E-state index contributed by atoms with van der Waals surface area (Å²) >= 11 is 0. The van der Waals surface area contributed by atoms with Crippen molar-refractivity contribution in [3.8, 4) is 5.88 Å². The fourth-order valence-corrected chi connectivity index (χ4v) is 4.65. The monoisotopic (exact) mass is 375 g/mol. The van der Waals surface area contributed by atoms with Crippen molar-refractivity contribution in [2.45, 2.75) is 33.2 Å². The number of piperidine rings is 1. The second-order valence-electron chi connectivity index (χ2n) is 8.29. The predicted molar refractivity (Wildman–Crippen MR) is 104 cm³/mol. The lowest BCUT2D eigenvalue weighted by molar-refractivity contribution is -0.136. The molecule has 1 aromatic rings. The van der Waals surface area contributed by atoms with Crippen molar-refractivity contribution in [2.75, 3.05) is 39.9 Å². The van der Waals surface area contributed by atoms with Crippen molar-refractivity contribution in [1.29, 1.82) is 0 Å². The fraction of sp³-hybridized carbons (Fsp3) is 0.714. The Labute approximate surface area is 162 Å². The van der Waals surface area contributed by atoms with E-state index in [1.165, 1.54) is 0 Å². The molecule has 0 bridgehead atoms. The molecule has 0 unspecified atom stereocenters. The summed E-state index contributed by atoms with van der Waals surface area (Å²) in [5, 5.41) is 9.92. The Hall–Kier alpha value is -1.66. The van der Waals surface area contributed by atoms with Gasteiger partial charge in [0, 0.05) is 51.3 Å². The molecule has 0 aromatic carbocycles. The number of carbonyl (C=O) groups excluding carboxylic acids is 1. The van der Waals surface area contributed by atoms with Gasteiger partial charge in [0.05, 0.1) is 12.8 Å². The minimum Gasteiger partial charge on any atom is -0.481 e. The van der Waals surface area contributed by atoms with Crippen LogP contribution in [0.1, 0.15) is 32.4 Å². The molecule has 1 N–H and O–H groups in total. The first-order valence-electron chi connectivity index (χ1n) is 10.1. The summed E-state index contributed by atoms with van der Waals surface area (Å²) in [6.45, 7) is 8.57. The molecule has 2 atom stereocenters. The van der Waals surface area contributed by atoms with E-state index in [4.69, 9.17) is 4.74 Å². The number of aromatic nitrogens is 1. The highest BCUT2D eigenvalue weighted by Crippen LogP contribution is 2.36. The standard InChI is InChI=1S/C21H33N3O3/c1-15(2)21(26)24-9-7-16(8-10-24)19-13-23(11-17(19)14-25)12-18-5-4-6-20(22-18)27-3/h4-6,15-17,19,25H,7-14H2,1-3H3/t17-,19-/m0/s1. The Kier molecular flexibility index (Phi) is 6.71. The average molecular weight is 376 g/mol. The quantitative estimate of drug-likeness (QED) is 0.824. The summed E-state index contributed by atoms with van der Waals surface area (Å²) in [5.74, 6) is 2.38. The zero-order valence-electron chi connectivity index (χ0n) is 16.8. The van der Waals surface area contributed by atoms with E-state index in [2.05, 4.69) is 9.88 Å². The van der Waals surface area contributed by atoms with E-state index in [0.29, 0.717) is 23.6 Å². The van der Waals surface area contributed by atoms with Gasteiger partial charge in [-0.2, -0.15) is 0 Å². The number of amides is 1. The van der Waals surface area contributed by atoms with Crippen LogP contribution in [0.2, 0.25) is 0 Å². The fourth-order valence-electron chi connectivity index (χ4n) is 4.65. The van der Waals surface area contributed by atoms with Gasteiger partial charge in [-0.05, 0) is 36.7 Å². The molecule has 0 spiro atoms. The molecule has 0 aliphatic carbocycles. The van der Waals surface area contributed by atoms with E-state index in [1.54, 1.807) is 7.11 Å². The number of pyridine rings is 1. The summed E-state index contributed by atoms with van der Waals surface area (Å²) in [4.78, 5) is 21.2. The van der Waals surface area contributed by atoms with Gasteiger partial charge >= 0.3 is 0 Å². The number of hydrogen-bond acceptors (Lipinski definition) is 5. The second-order valence-corrected chi connectivity index (χ2v) is 8.29. The molecule has 27 heavy (non-hydrogen) atoms. The second kappa shape index (κ2) is 9.02. The third-order valence-corrected chi connectivity index (χ3v) is 6.13. The lowest BCUT2D eigenvalue weighted by atomic mass is 9.78. The van der Waals surface area contributed by atoms with E-state index in [-0.39, 0.29) is 18.4 Å². The van der Waals surface area contributed by atoms with Crippen LogP contribution in [0.5, 0.6) is 5.88 Å². The highest BCUT2D eigenvalue weighted by molar-refractivity contribution is 5.78. The molecule has 1 aromatic heterocycles. The van der Waals surface area contributed by atoms with Crippen molar-refractivity contribution >= 4 is 5.91 Å². The van der Waals surface area contributed by atoms with Crippen LogP contribution < -0.4 is 4.74 Å². The van der Waals surface area contributed by atoms with Crippen molar-refractivity contribution in [1.82, 2.24) is 14.8 Å². The van der Waals surface area contributed by atoms with Crippen LogP contribution in [0.15, 0.2) is 18.2 Å². The van der Waals surface area contributed by atoms with E-state index in [0.717, 1.165) is 51.3 Å². The van der Waals surface area contributed by atoms with Gasteiger partial charge in [0.15, 0.2) is 0 Å². The maximum atomic E-state index is 12.2. The van der Waals surface area contributed by atoms with Gasteiger partial charge in [0.25, 0.3) is 0 Å². The lowest BCUT2D eigenvalue weighted by Crippen LogP contribution is -2.43. The van der Waals surface area contributed by atoms with Crippen molar-refractivity contribution in [3.63, 3.8) is 0 Å². The van der Waals surface area contributed by atoms with Gasteiger partial charge in [0.1, 0.15) is 0 Å². The average Bonchev–Trinajstić information content (AvgIpc) is 3.10. The summed E-state index contributed by atoms with van der Waals surface area (Å²) in [6, 6.07) is 5.86. The number of likely N-dealkylation sites (tertiary alicyclic amines) is 2. The molecule has 0 saturated carbocycles. The smallest absolute Gasteiger partial charge is 0.225 e. The summed E-state index contributed by atoms with van der Waals surface area (Å²) in [7, 11) is 1.64. The number of aliphatic hydroxyl groups excluding tert-OH is 1. The van der Waals surface area contributed by atoms with Crippen LogP contribution in [-0.2, 0) is 11.3 Å². The number of hydrogen-bond donors (Lipinski definition) is 1. The van der Waals surface area contributed by atoms with Gasteiger partial charge in [-0.25, -0.2) is 4.98 Å². The van der Waals surface area contributed by atoms with Crippen LogP contribution >= 0.6 is 0 Å². The third-order valence-electron chi connectivity index (χ3n) is 6.13. The van der Waals surface area contributed by atoms with Gasteiger partial charge in [-0.3, -0.25) is 9.69 Å². The Morgan fingerprint density at radius 3 is 2.67 bits per heavy atom. The van der Waals surface area contributed by atoms with Gasteiger partial charge < -0.3 is 14.7 Å². The molecule has 2 aliphatic heterocycles. The van der Waals surface area contributed by atoms with E-state index in [9.17, 15) is 9.90 Å². The topological polar surface area (TPSA) is 65.9 Å². The molecule has 3 heterocycles. The summed E-state index contributed by atoms with van der Waals surface area (Å²) in [6.07, 6.45) is 2.09. The van der Waals surface area contributed by atoms with Crippen LogP contribution in [0.25, 0.3) is 0 Å². The van der Waals surface area contributed by atoms with E-state index in [1.807, 2.05) is 36.9 Å².